The molecule has 1 saturated heterocycles. The quantitative estimate of drug-likeness (QED) is 0.668. The number of hydrogen-bond donors (Lipinski definition) is 1. The Kier molecular flexibility index (Phi) is 6.75. The number of hydrogen-bond acceptors (Lipinski definition) is 5. The summed E-state index contributed by atoms with van der Waals surface area (Å²) in [5, 5.41) is 3.68. The standard InChI is InChI=1S/C27H33N3O4/c1-18-8-7-9-19(16-18)23(17-30-24(31)21-10-5-6-11-22(21)25(30)32)28-20-12-14-29(15-13-20)26(33)34-27(2,3)4/h5-11,16,20,23,28H,12-15,17H2,1-4H3/t23-/m0/s1. The molecule has 3 amide bonds. The Labute approximate surface area is 201 Å². The SMILES string of the molecule is Cc1cccc([C@H](CN2C(=O)c3ccccc3C2=O)NC2CCN(C(=O)OC(C)(C)C)CC2)c1. The average molecular weight is 464 g/mol. The van der Waals surface area contributed by atoms with Gasteiger partial charge in [0.15, 0.2) is 0 Å². The first-order valence-electron chi connectivity index (χ1n) is 11.9. The number of imide groups is 1. The summed E-state index contributed by atoms with van der Waals surface area (Å²) in [5.41, 5.74) is 2.55. The van der Waals surface area contributed by atoms with E-state index in [4.69, 9.17) is 4.74 Å². The zero-order valence-electron chi connectivity index (χ0n) is 20.3. The minimum atomic E-state index is -0.519. The van der Waals surface area contributed by atoms with Crippen molar-refractivity contribution in [3.8, 4) is 0 Å². The number of rotatable bonds is 5. The lowest BCUT2D eigenvalue weighted by Crippen LogP contribution is -2.49. The molecule has 0 aliphatic carbocycles. The van der Waals surface area contributed by atoms with Crippen LogP contribution in [-0.2, 0) is 4.74 Å². The van der Waals surface area contributed by atoms with E-state index in [0.717, 1.165) is 24.0 Å². The number of likely N-dealkylation sites (tertiary alicyclic amines) is 1. The maximum Gasteiger partial charge on any atom is 0.410 e. The van der Waals surface area contributed by atoms with Crippen LogP contribution in [0.1, 0.15) is 71.5 Å². The molecule has 1 N–H and O–H groups in total. The molecule has 2 aliphatic rings. The Morgan fingerprint density at radius 3 is 2.21 bits per heavy atom. The van der Waals surface area contributed by atoms with Crippen LogP contribution in [0.25, 0.3) is 0 Å². The van der Waals surface area contributed by atoms with E-state index in [0.29, 0.717) is 24.2 Å². The largest absolute Gasteiger partial charge is 0.444 e. The summed E-state index contributed by atoms with van der Waals surface area (Å²) in [4.78, 5) is 41.5. The molecule has 2 aromatic rings. The van der Waals surface area contributed by atoms with Gasteiger partial charge in [0, 0.05) is 25.7 Å². The predicted molar refractivity (Wildman–Crippen MR) is 130 cm³/mol. The highest BCUT2D eigenvalue weighted by molar-refractivity contribution is 6.21. The topological polar surface area (TPSA) is 79.0 Å². The summed E-state index contributed by atoms with van der Waals surface area (Å²) in [6.07, 6.45) is 1.25. The third-order valence-corrected chi connectivity index (χ3v) is 6.27. The van der Waals surface area contributed by atoms with Crippen molar-refractivity contribution in [2.45, 2.75) is 58.2 Å². The van der Waals surface area contributed by atoms with Gasteiger partial charge in [-0.3, -0.25) is 14.5 Å². The maximum atomic E-state index is 13.0. The summed E-state index contributed by atoms with van der Waals surface area (Å²) in [5.74, 6) is -0.500. The molecular weight excluding hydrogens is 430 g/mol. The van der Waals surface area contributed by atoms with Crippen molar-refractivity contribution in [1.29, 1.82) is 0 Å². The molecule has 1 atom stereocenters. The van der Waals surface area contributed by atoms with Gasteiger partial charge in [-0.2, -0.15) is 0 Å². The van der Waals surface area contributed by atoms with Gasteiger partial charge in [0.25, 0.3) is 11.8 Å². The molecule has 34 heavy (non-hydrogen) atoms. The molecule has 0 bridgehead atoms. The van der Waals surface area contributed by atoms with Gasteiger partial charge in [-0.25, -0.2) is 4.79 Å². The Balaban J connectivity index is 1.47. The van der Waals surface area contributed by atoms with E-state index in [1.54, 1.807) is 29.2 Å². The van der Waals surface area contributed by atoms with Crippen molar-refractivity contribution in [2.75, 3.05) is 19.6 Å². The fourth-order valence-corrected chi connectivity index (χ4v) is 4.57. The predicted octanol–water partition coefficient (Wildman–Crippen LogP) is 4.32. The number of nitrogens with zero attached hydrogens (tertiary/aromatic N) is 2. The Hall–Kier alpha value is -3.19. The first-order valence-corrected chi connectivity index (χ1v) is 11.9. The van der Waals surface area contributed by atoms with Gasteiger partial charge < -0.3 is 15.0 Å². The minimum absolute atomic E-state index is 0.152. The van der Waals surface area contributed by atoms with Crippen LogP contribution < -0.4 is 5.32 Å². The van der Waals surface area contributed by atoms with Gasteiger partial charge in [0.05, 0.1) is 17.2 Å². The third-order valence-electron chi connectivity index (χ3n) is 6.27. The van der Waals surface area contributed by atoms with Crippen LogP contribution in [0.2, 0.25) is 0 Å². The highest BCUT2D eigenvalue weighted by atomic mass is 16.6. The van der Waals surface area contributed by atoms with Crippen LogP contribution in [0.15, 0.2) is 48.5 Å². The van der Waals surface area contributed by atoms with Gasteiger partial charge >= 0.3 is 6.09 Å². The molecule has 7 nitrogen and oxygen atoms in total. The van der Waals surface area contributed by atoms with Crippen LogP contribution in [0.4, 0.5) is 4.79 Å². The fourth-order valence-electron chi connectivity index (χ4n) is 4.57. The van der Waals surface area contributed by atoms with Gasteiger partial charge in [-0.1, -0.05) is 42.0 Å². The number of carbonyl (C=O) groups excluding carboxylic acids is 3. The lowest BCUT2D eigenvalue weighted by Gasteiger charge is -2.36. The number of benzene rings is 2. The summed E-state index contributed by atoms with van der Waals surface area (Å²) >= 11 is 0. The molecule has 0 radical (unpaired) electrons. The molecule has 2 aromatic carbocycles. The molecule has 180 valence electrons. The number of ether oxygens (including phenoxy) is 1. The monoisotopic (exact) mass is 463 g/mol. The Bertz CT molecular complexity index is 1050. The number of fused-ring (bicyclic) bond motifs is 1. The van der Waals surface area contributed by atoms with Crippen LogP contribution in [0.3, 0.4) is 0 Å². The highest BCUT2D eigenvalue weighted by Gasteiger charge is 2.37. The molecular formula is C27H33N3O4. The van der Waals surface area contributed by atoms with Crippen LogP contribution >= 0.6 is 0 Å². The lowest BCUT2D eigenvalue weighted by molar-refractivity contribution is 0.0192. The van der Waals surface area contributed by atoms with Gasteiger partial charge in [-0.05, 0) is 58.2 Å². The zero-order valence-corrected chi connectivity index (χ0v) is 20.3. The second kappa shape index (κ2) is 9.58. The fraction of sp³-hybridized carbons (Fsp3) is 0.444. The van der Waals surface area contributed by atoms with E-state index in [2.05, 4.69) is 11.4 Å². The maximum absolute atomic E-state index is 13.0. The number of aryl methyl sites for hydroxylation is 1. The van der Waals surface area contributed by atoms with E-state index in [-0.39, 0.29) is 36.5 Å². The average Bonchev–Trinajstić information content (AvgIpc) is 3.03. The van der Waals surface area contributed by atoms with Crippen LogP contribution in [0, 0.1) is 6.92 Å². The molecule has 2 heterocycles. The summed E-state index contributed by atoms with van der Waals surface area (Å²) < 4.78 is 5.50. The molecule has 2 aliphatic heterocycles. The lowest BCUT2D eigenvalue weighted by atomic mass is 9.99. The normalized spacial score (nSPS) is 17.6. The highest BCUT2D eigenvalue weighted by Crippen LogP contribution is 2.27. The zero-order chi connectivity index (χ0) is 24.5. The van der Waals surface area contributed by atoms with E-state index in [1.165, 1.54) is 4.90 Å². The van der Waals surface area contributed by atoms with Crippen molar-refractivity contribution in [2.24, 2.45) is 0 Å². The Morgan fingerprint density at radius 2 is 1.65 bits per heavy atom. The summed E-state index contributed by atoms with van der Waals surface area (Å²) in [7, 11) is 0. The first kappa shape index (κ1) is 24.0. The van der Waals surface area contributed by atoms with Gasteiger partial charge in [-0.15, -0.1) is 0 Å². The second-order valence-electron chi connectivity index (χ2n) is 10.1. The van der Waals surface area contributed by atoms with Crippen LogP contribution in [-0.4, -0.2) is 59.0 Å². The van der Waals surface area contributed by atoms with E-state index in [1.807, 2.05) is 45.9 Å². The van der Waals surface area contributed by atoms with Gasteiger partial charge in [0.1, 0.15) is 5.60 Å². The molecule has 1 fully saturated rings. The van der Waals surface area contributed by atoms with Crippen molar-refractivity contribution in [3.05, 3.63) is 70.8 Å². The number of carbonyl (C=O) groups is 3. The van der Waals surface area contributed by atoms with Crippen LogP contribution in [0.5, 0.6) is 0 Å². The first-order chi connectivity index (χ1) is 16.1. The van der Waals surface area contributed by atoms with Crippen molar-refractivity contribution >= 4 is 17.9 Å². The molecule has 4 rings (SSSR count). The molecule has 0 unspecified atom stereocenters. The molecule has 0 spiro atoms. The van der Waals surface area contributed by atoms with Crippen molar-refractivity contribution in [1.82, 2.24) is 15.1 Å². The van der Waals surface area contributed by atoms with E-state index < -0.39 is 5.60 Å². The Morgan fingerprint density at radius 1 is 1.03 bits per heavy atom. The van der Waals surface area contributed by atoms with Crippen molar-refractivity contribution in [3.63, 3.8) is 0 Å². The molecule has 0 aromatic heterocycles. The summed E-state index contributed by atoms with van der Waals surface area (Å²) in [6.45, 7) is 9.07. The smallest absolute Gasteiger partial charge is 0.410 e. The third kappa shape index (κ3) is 5.30. The minimum Gasteiger partial charge on any atom is -0.444 e. The number of amides is 3. The summed E-state index contributed by atoms with van der Waals surface area (Å²) in [6, 6.07) is 15.1. The molecule has 0 saturated carbocycles. The number of nitrogens with one attached hydrogen (secondary N) is 1. The van der Waals surface area contributed by atoms with Gasteiger partial charge in [0.2, 0.25) is 0 Å². The number of piperidine rings is 1. The van der Waals surface area contributed by atoms with E-state index >= 15 is 0 Å². The molecule has 7 heteroatoms. The van der Waals surface area contributed by atoms with Crippen molar-refractivity contribution < 1.29 is 19.1 Å². The van der Waals surface area contributed by atoms with E-state index in [9.17, 15) is 14.4 Å². The second-order valence-corrected chi connectivity index (χ2v) is 10.1.